The minimum atomic E-state index is -1.56. The van der Waals surface area contributed by atoms with Crippen LogP contribution in [0.15, 0.2) is 24.3 Å². The van der Waals surface area contributed by atoms with Crippen LogP contribution in [0.3, 0.4) is 0 Å². The summed E-state index contributed by atoms with van der Waals surface area (Å²) in [6.07, 6.45) is 30.7. The van der Waals surface area contributed by atoms with Crippen molar-refractivity contribution in [3.8, 4) is 0 Å². The average molecular weight is 726 g/mol. The highest BCUT2D eigenvalue weighted by Crippen LogP contribution is 2.22. The van der Waals surface area contributed by atoms with E-state index in [1.807, 2.05) is 6.08 Å². The van der Waals surface area contributed by atoms with Crippen molar-refractivity contribution in [3.63, 3.8) is 0 Å². The summed E-state index contributed by atoms with van der Waals surface area (Å²) in [7, 11) is 0. The van der Waals surface area contributed by atoms with E-state index in [4.69, 9.17) is 9.47 Å². The Morgan fingerprint density at radius 3 is 1.59 bits per heavy atom. The summed E-state index contributed by atoms with van der Waals surface area (Å²) in [5.74, 6) is -0.187. The lowest BCUT2D eigenvalue weighted by atomic mass is 9.99. The van der Waals surface area contributed by atoms with E-state index in [2.05, 4.69) is 31.3 Å². The normalized spacial score (nSPS) is 22.2. The van der Waals surface area contributed by atoms with Gasteiger partial charge < -0.3 is 40.3 Å². The molecule has 0 spiro atoms. The van der Waals surface area contributed by atoms with Crippen molar-refractivity contribution in [2.24, 2.45) is 0 Å². The highest BCUT2D eigenvalue weighted by molar-refractivity contribution is 5.76. The maximum Gasteiger partial charge on any atom is 0.220 e. The first-order chi connectivity index (χ1) is 24.8. The van der Waals surface area contributed by atoms with Crippen LogP contribution in [-0.2, 0) is 14.3 Å². The van der Waals surface area contributed by atoms with Gasteiger partial charge in [-0.3, -0.25) is 4.79 Å². The number of carbonyl (C=O) groups excluding carboxylic acids is 1. The molecule has 0 saturated carbocycles. The first-order valence-corrected chi connectivity index (χ1v) is 21.1. The molecule has 9 nitrogen and oxygen atoms in total. The van der Waals surface area contributed by atoms with Gasteiger partial charge in [-0.15, -0.1) is 0 Å². The molecule has 1 saturated heterocycles. The van der Waals surface area contributed by atoms with Gasteiger partial charge in [0.05, 0.1) is 25.4 Å². The smallest absolute Gasteiger partial charge is 0.220 e. The third-order valence-corrected chi connectivity index (χ3v) is 10.0. The number of unbranched alkanes of at least 4 members (excludes halogenated alkanes) is 22. The van der Waals surface area contributed by atoms with Crippen molar-refractivity contribution in [1.82, 2.24) is 5.32 Å². The molecular weight excluding hydrogens is 646 g/mol. The molecule has 9 heteroatoms. The lowest BCUT2D eigenvalue weighted by molar-refractivity contribution is -0.302. The predicted octanol–water partition coefficient (Wildman–Crippen LogP) is 7.94. The highest BCUT2D eigenvalue weighted by atomic mass is 16.7. The van der Waals surface area contributed by atoms with Crippen LogP contribution in [0.1, 0.15) is 181 Å². The molecule has 1 amide bonds. The van der Waals surface area contributed by atoms with Gasteiger partial charge in [-0.2, -0.15) is 0 Å². The van der Waals surface area contributed by atoms with Gasteiger partial charge in [0.15, 0.2) is 6.29 Å². The van der Waals surface area contributed by atoms with Crippen molar-refractivity contribution in [2.45, 2.75) is 224 Å². The zero-order valence-corrected chi connectivity index (χ0v) is 32.6. The number of hydrogen-bond acceptors (Lipinski definition) is 8. The zero-order chi connectivity index (χ0) is 37.4. The van der Waals surface area contributed by atoms with E-state index in [0.29, 0.717) is 6.42 Å². The Morgan fingerprint density at radius 2 is 1.10 bits per heavy atom. The fraction of sp³-hybridized carbons (Fsp3) is 0.881. The summed E-state index contributed by atoms with van der Waals surface area (Å²) in [4.78, 5) is 12.9. The lowest BCUT2D eigenvalue weighted by Crippen LogP contribution is -2.60. The van der Waals surface area contributed by atoms with Gasteiger partial charge >= 0.3 is 0 Å². The Hall–Kier alpha value is -1.33. The molecule has 300 valence electrons. The monoisotopic (exact) mass is 726 g/mol. The Bertz CT molecular complexity index is 853. The minimum absolute atomic E-state index is 0.187. The van der Waals surface area contributed by atoms with Gasteiger partial charge in [0.25, 0.3) is 0 Å². The van der Waals surface area contributed by atoms with Gasteiger partial charge in [0.2, 0.25) is 5.91 Å². The number of hydrogen-bond donors (Lipinski definition) is 6. The van der Waals surface area contributed by atoms with E-state index in [9.17, 15) is 30.3 Å². The molecule has 0 aromatic rings. The van der Waals surface area contributed by atoms with Gasteiger partial charge in [0, 0.05) is 6.42 Å². The number of amides is 1. The van der Waals surface area contributed by atoms with E-state index in [0.717, 1.165) is 57.8 Å². The maximum atomic E-state index is 12.9. The topological polar surface area (TPSA) is 149 Å². The van der Waals surface area contributed by atoms with Gasteiger partial charge in [0.1, 0.15) is 24.4 Å². The Labute approximate surface area is 311 Å². The van der Waals surface area contributed by atoms with E-state index in [1.54, 1.807) is 6.08 Å². The summed E-state index contributed by atoms with van der Waals surface area (Å²) in [5.41, 5.74) is 0. The van der Waals surface area contributed by atoms with Crippen LogP contribution in [-0.4, -0.2) is 87.5 Å². The molecule has 0 radical (unpaired) electrons. The second-order valence-corrected chi connectivity index (χ2v) is 14.8. The number of allylic oxidation sites excluding steroid dienone is 3. The molecular formula is C42H79NO8. The maximum absolute atomic E-state index is 12.9. The predicted molar refractivity (Wildman–Crippen MR) is 207 cm³/mol. The second kappa shape index (κ2) is 33.3. The van der Waals surface area contributed by atoms with Crippen LogP contribution >= 0.6 is 0 Å². The number of aliphatic hydroxyl groups excluding tert-OH is 5. The zero-order valence-electron chi connectivity index (χ0n) is 32.6. The van der Waals surface area contributed by atoms with Crippen LogP contribution in [0.25, 0.3) is 0 Å². The van der Waals surface area contributed by atoms with Crippen molar-refractivity contribution in [2.75, 3.05) is 13.2 Å². The fourth-order valence-electron chi connectivity index (χ4n) is 6.56. The third kappa shape index (κ3) is 24.6. The van der Waals surface area contributed by atoms with E-state index in [1.165, 1.54) is 103 Å². The highest BCUT2D eigenvalue weighted by Gasteiger charge is 2.44. The Kier molecular flexibility index (Phi) is 31.1. The van der Waals surface area contributed by atoms with E-state index >= 15 is 0 Å². The Balaban J connectivity index is 2.42. The average Bonchev–Trinajstić information content (AvgIpc) is 3.13. The molecule has 51 heavy (non-hydrogen) atoms. The minimum Gasteiger partial charge on any atom is -0.394 e. The summed E-state index contributed by atoms with van der Waals surface area (Å²) < 4.78 is 11.2. The van der Waals surface area contributed by atoms with Crippen LogP contribution in [0.5, 0.6) is 0 Å². The van der Waals surface area contributed by atoms with Crippen LogP contribution in [0, 0.1) is 0 Å². The number of nitrogens with one attached hydrogen (secondary N) is 1. The standard InChI is InChI=1S/C42H79NO8/c1-3-5-7-9-11-13-15-17-18-20-22-24-26-28-30-32-38(46)43-35(34-50-42-41(49)40(48)39(47)37(33-44)51-42)36(45)31-29-27-25-23-21-19-16-14-12-10-8-6-4-2/h17-18,29,31,35-37,39-42,44-45,47-49H,3-16,19-28,30,32-34H2,1-2H3,(H,43,46). The first kappa shape index (κ1) is 47.7. The molecule has 1 heterocycles. The molecule has 0 bridgehead atoms. The van der Waals surface area contributed by atoms with E-state index in [-0.39, 0.29) is 12.5 Å². The summed E-state index contributed by atoms with van der Waals surface area (Å²) in [5, 5.41) is 54.0. The summed E-state index contributed by atoms with van der Waals surface area (Å²) >= 11 is 0. The number of ether oxygens (including phenoxy) is 2. The summed E-state index contributed by atoms with van der Waals surface area (Å²) in [6.45, 7) is 3.74. The summed E-state index contributed by atoms with van der Waals surface area (Å²) in [6, 6.07) is -0.804. The van der Waals surface area contributed by atoms with E-state index < -0.39 is 49.5 Å². The molecule has 1 fully saturated rings. The molecule has 0 aliphatic carbocycles. The van der Waals surface area contributed by atoms with Crippen LogP contribution < -0.4 is 5.32 Å². The van der Waals surface area contributed by atoms with Gasteiger partial charge in [-0.1, -0.05) is 154 Å². The fourth-order valence-corrected chi connectivity index (χ4v) is 6.56. The number of carbonyl (C=O) groups is 1. The molecule has 0 aromatic carbocycles. The second-order valence-electron chi connectivity index (χ2n) is 14.8. The molecule has 7 unspecified atom stereocenters. The molecule has 1 aliphatic heterocycles. The van der Waals surface area contributed by atoms with Crippen molar-refractivity contribution < 1.29 is 39.8 Å². The van der Waals surface area contributed by atoms with Crippen molar-refractivity contribution in [1.29, 1.82) is 0 Å². The molecule has 0 aromatic heterocycles. The Morgan fingerprint density at radius 1 is 0.647 bits per heavy atom. The molecule has 1 rings (SSSR count). The molecule has 6 N–H and O–H groups in total. The number of aliphatic hydroxyl groups is 5. The third-order valence-electron chi connectivity index (χ3n) is 10.0. The lowest BCUT2D eigenvalue weighted by Gasteiger charge is -2.40. The van der Waals surface area contributed by atoms with Gasteiger partial charge in [-0.25, -0.2) is 0 Å². The van der Waals surface area contributed by atoms with Crippen molar-refractivity contribution in [3.05, 3.63) is 24.3 Å². The first-order valence-electron chi connectivity index (χ1n) is 21.1. The van der Waals surface area contributed by atoms with Crippen LogP contribution in [0.4, 0.5) is 0 Å². The van der Waals surface area contributed by atoms with Gasteiger partial charge in [-0.05, 0) is 44.9 Å². The molecule has 7 atom stereocenters. The van der Waals surface area contributed by atoms with Crippen molar-refractivity contribution >= 4 is 5.91 Å². The number of rotatable bonds is 34. The SMILES string of the molecule is CCCCCCCCC=CCCCCCCCC(=O)NC(COC1OC(CO)C(O)C(O)C1O)C(O)C=CCCCCCCCCCCCCC. The van der Waals surface area contributed by atoms with Crippen LogP contribution in [0.2, 0.25) is 0 Å². The quantitative estimate of drug-likeness (QED) is 0.0289. The largest absolute Gasteiger partial charge is 0.394 e. The molecule has 1 aliphatic rings.